The Labute approximate surface area is 146 Å². The molecule has 4 rings (SSSR count). The predicted molar refractivity (Wildman–Crippen MR) is 94.0 cm³/mol. The Balaban J connectivity index is 1.48. The van der Waals surface area contributed by atoms with Gasteiger partial charge in [0.25, 0.3) is 0 Å². The van der Waals surface area contributed by atoms with Crippen molar-refractivity contribution in [3.8, 4) is 11.5 Å². The number of rotatable bonds is 4. The number of likely N-dealkylation sites (tertiary alicyclic amines) is 1. The summed E-state index contributed by atoms with van der Waals surface area (Å²) in [5.41, 5.74) is 3.03. The molecule has 1 fully saturated rings. The molecule has 1 aliphatic heterocycles. The molecule has 5 heteroatoms. The van der Waals surface area contributed by atoms with Crippen LogP contribution in [0.4, 0.5) is 4.39 Å². The first-order valence-corrected chi connectivity index (χ1v) is 8.51. The van der Waals surface area contributed by atoms with E-state index in [4.69, 9.17) is 0 Å². The van der Waals surface area contributed by atoms with Gasteiger partial charge in [-0.1, -0.05) is 18.2 Å². The van der Waals surface area contributed by atoms with E-state index in [-0.39, 0.29) is 5.82 Å². The molecule has 1 atom stereocenters. The van der Waals surface area contributed by atoms with Crippen LogP contribution in [0, 0.1) is 5.82 Å². The first kappa shape index (κ1) is 15.8. The molecule has 1 aromatic carbocycles. The van der Waals surface area contributed by atoms with Crippen LogP contribution in [0.3, 0.4) is 0 Å². The first-order chi connectivity index (χ1) is 12.3. The number of pyridine rings is 1. The number of aromatic nitrogens is 3. The summed E-state index contributed by atoms with van der Waals surface area (Å²) in [5, 5.41) is 0. The van der Waals surface area contributed by atoms with Crippen molar-refractivity contribution < 1.29 is 4.39 Å². The van der Waals surface area contributed by atoms with Gasteiger partial charge in [0.1, 0.15) is 11.5 Å². The van der Waals surface area contributed by atoms with E-state index in [9.17, 15) is 4.39 Å². The highest BCUT2D eigenvalue weighted by atomic mass is 19.1. The van der Waals surface area contributed by atoms with Crippen LogP contribution in [0.2, 0.25) is 0 Å². The third-order valence-corrected chi connectivity index (χ3v) is 4.60. The van der Waals surface area contributed by atoms with Crippen molar-refractivity contribution in [1.82, 2.24) is 19.9 Å². The van der Waals surface area contributed by atoms with Gasteiger partial charge in [-0.05, 0) is 49.2 Å². The molecule has 0 bridgehead atoms. The molecule has 0 spiro atoms. The van der Waals surface area contributed by atoms with E-state index in [1.165, 1.54) is 17.7 Å². The smallest absolute Gasteiger partial charge is 0.178 e. The average molecular weight is 334 g/mol. The molecule has 25 heavy (non-hydrogen) atoms. The molecule has 0 amide bonds. The summed E-state index contributed by atoms with van der Waals surface area (Å²) in [4.78, 5) is 15.6. The fourth-order valence-corrected chi connectivity index (χ4v) is 3.38. The van der Waals surface area contributed by atoms with Crippen molar-refractivity contribution in [3.63, 3.8) is 0 Å². The van der Waals surface area contributed by atoms with E-state index < -0.39 is 0 Å². The Bertz CT molecular complexity index is 819. The van der Waals surface area contributed by atoms with Crippen molar-refractivity contribution in [2.24, 2.45) is 0 Å². The van der Waals surface area contributed by atoms with Crippen LogP contribution in [-0.2, 0) is 6.54 Å². The SMILES string of the molecule is Fc1ccc(C2CCCN2Cc2cnc(-c3ccccn3)nc2)cc1. The van der Waals surface area contributed by atoms with E-state index in [1.54, 1.807) is 6.20 Å². The van der Waals surface area contributed by atoms with Crippen LogP contribution < -0.4 is 0 Å². The number of halogens is 1. The lowest BCUT2D eigenvalue weighted by Gasteiger charge is -2.24. The minimum Gasteiger partial charge on any atom is -0.292 e. The Morgan fingerprint density at radius 2 is 1.80 bits per heavy atom. The van der Waals surface area contributed by atoms with Gasteiger partial charge >= 0.3 is 0 Å². The lowest BCUT2D eigenvalue weighted by Crippen LogP contribution is -2.23. The monoisotopic (exact) mass is 334 g/mol. The van der Waals surface area contributed by atoms with Crippen LogP contribution in [0.5, 0.6) is 0 Å². The summed E-state index contributed by atoms with van der Waals surface area (Å²) in [5.74, 6) is 0.452. The van der Waals surface area contributed by atoms with Gasteiger partial charge in [0.15, 0.2) is 5.82 Å². The third-order valence-electron chi connectivity index (χ3n) is 4.60. The molecule has 126 valence electrons. The van der Waals surface area contributed by atoms with E-state index in [0.717, 1.165) is 37.2 Å². The van der Waals surface area contributed by atoms with Gasteiger partial charge in [0, 0.05) is 36.7 Å². The molecule has 3 aromatic rings. The second kappa shape index (κ2) is 7.07. The fraction of sp³-hybridized carbons (Fsp3) is 0.250. The second-order valence-electron chi connectivity index (χ2n) is 6.31. The van der Waals surface area contributed by atoms with Crippen LogP contribution in [0.1, 0.15) is 30.0 Å². The van der Waals surface area contributed by atoms with Gasteiger partial charge in [0.2, 0.25) is 0 Å². The lowest BCUT2D eigenvalue weighted by atomic mass is 10.0. The molecule has 0 N–H and O–H groups in total. The van der Waals surface area contributed by atoms with Crippen molar-refractivity contribution in [2.75, 3.05) is 6.54 Å². The largest absolute Gasteiger partial charge is 0.292 e. The van der Waals surface area contributed by atoms with Gasteiger partial charge in [-0.3, -0.25) is 9.88 Å². The summed E-state index contributed by atoms with van der Waals surface area (Å²) < 4.78 is 13.2. The highest BCUT2D eigenvalue weighted by molar-refractivity contribution is 5.47. The highest BCUT2D eigenvalue weighted by Crippen LogP contribution is 2.33. The molecule has 0 radical (unpaired) electrons. The van der Waals surface area contributed by atoms with E-state index in [0.29, 0.717) is 11.9 Å². The van der Waals surface area contributed by atoms with Crippen LogP contribution >= 0.6 is 0 Å². The highest BCUT2D eigenvalue weighted by Gasteiger charge is 2.26. The van der Waals surface area contributed by atoms with Gasteiger partial charge < -0.3 is 0 Å². The first-order valence-electron chi connectivity index (χ1n) is 8.51. The predicted octanol–water partition coefficient (Wildman–Crippen LogP) is 4.01. The third kappa shape index (κ3) is 3.56. The molecule has 2 aromatic heterocycles. The van der Waals surface area contributed by atoms with E-state index >= 15 is 0 Å². The van der Waals surface area contributed by atoms with Crippen LogP contribution in [-0.4, -0.2) is 26.4 Å². The van der Waals surface area contributed by atoms with Gasteiger partial charge in [-0.25, -0.2) is 14.4 Å². The van der Waals surface area contributed by atoms with Crippen molar-refractivity contribution >= 4 is 0 Å². The molecule has 1 saturated heterocycles. The van der Waals surface area contributed by atoms with Crippen LogP contribution in [0.25, 0.3) is 11.5 Å². The van der Waals surface area contributed by atoms with Crippen molar-refractivity contribution in [2.45, 2.75) is 25.4 Å². The molecular formula is C20H19FN4. The summed E-state index contributed by atoms with van der Waals surface area (Å²) in [7, 11) is 0. The molecule has 0 saturated carbocycles. The zero-order chi connectivity index (χ0) is 17.1. The lowest BCUT2D eigenvalue weighted by molar-refractivity contribution is 0.248. The standard InChI is InChI=1S/C20H19FN4/c21-17-8-6-16(7-9-17)19-5-3-11-25(19)14-15-12-23-20(24-13-15)18-4-1-2-10-22-18/h1-2,4,6-10,12-13,19H,3,5,11,14H2. The van der Waals surface area contributed by atoms with Gasteiger partial charge in [-0.2, -0.15) is 0 Å². The maximum Gasteiger partial charge on any atom is 0.178 e. The van der Waals surface area contributed by atoms with Crippen LogP contribution in [0.15, 0.2) is 61.1 Å². The summed E-state index contributed by atoms with van der Waals surface area (Å²) in [6, 6.07) is 12.9. The summed E-state index contributed by atoms with van der Waals surface area (Å²) in [6.45, 7) is 1.83. The van der Waals surface area contributed by atoms with E-state index in [2.05, 4.69) is 19.9 Å². The molecular weight excluding hydrogens is 315 g/mol. The summed E-state index contributed by atoms with van der Waals surface area (Å²) in [6.07, 6.45) is 7.73. The molecule has 4 nitrogen and oxygen atoms in total. The Hall–Kier alpha value is -2.66. The number of nitrogens with zero attached hydrogens (tertiary/aromatic N) is 4. The molecule has 3 heterocycles. The minimum absolute atomic E-state index is 0.188. The van der Waals surface area contributed by atoms with Gasteiger partial charge in [0.05, 0.1) is 0 Å². The maximum atomic E-state index is 13.2. The topological polar surface area (TPSA) is 41.9 Å². The minimum atomic E-state index is -0.188. The Morgan fingerprint density at radius 1 is 1.00 bits per heavy atom. The normalized spacial score (nSPS) is 17.7. The zero-order valence-electron chi connectivity index (χ0n) is 13.8. The quantitative estimate of drug-likeness (QED) is 0.723. The fourth-order valence-electron chi connectivity index (χ4n) is 3.38. The molecule has 0 aliphatic carbocycles. The number of hydrogen-bond acceptors (Lipinski definition) is 4. The molecule has 1 unspecified atom stereocenters. The van der Waals surface area contributed by atoms with Gasteiger partial charge in [-0.15, -0.1) is 0 Å². The maximum absolute atomic E-state index is 13.2. The van der Waals surface area contributed by atoms with Crippen molar-refractivity contribution in [1.29, 1.82) is 0 Å². The average Bonchev–Trinajstić information content (AvgIpc) is 3.12. The number of benzene rings is 1. The zero-order valence-corrected chi connectivity index (χ0v) is 13.8. The Kier molecular flexibility index (Phi) is 4.48. The van der Waals surface area contributed by atoms with Crippen molar-refractivity contribution in [3.05, 3.63) is 78.0 Å². The summed E-state index contributed by atoms with van der Waals surface area (Å²) >= 11 is 0. The van der Waals surface area contributed by atoms with E-state index in [1.807, 2.05) is 42.7 Å². The Morgan fingerprint density at radius 3 is 2.52 bits per heavy atom. The second-order valence-corrected chi connectivity index (χ2v) is 6.31. The number of hydrogen-bond donors (Lipinski definition) is 0. The molecule has 1 aliphatic rings.